The number of allylic oxidation sites excluding steroid dienone is 14. The fourth-order valence-corrected chi connectivity index (χ4v) is 7.91. The van der Waals surface area contributed by atoms with Crippen LogP contribution in [0, 0.1) is 0 Å². The Balaban J connectivity index is 4.42. The minimum absolute atomic E-state index is 0.0893. The molecule has 0 fully saturated rings. The molecule has 0 heterocycles. The van der Waals surface area contributed by atoms with Crippen molar-refractivity contribution in [2.45, 2.75) is 277 Å². The maximum absolute atomic E-state index is 12.9. The summed E-state index contributed by atoms with van der Waals surface area (Å²) in [5.74, 6) is -0.919. The summed E-state index contributed by atoms with van der Waals surface area (Å²) in [5.41, 5.74) is 0. The van der Waals surface area contributed by atoms with E-state index in [0.717, 1.165) is 96.3 Å². The Hall–Kier alpha value is -3.41. The number of hydrogen-bond acceptors (Lipinski definition) is 6. The second kappa shape index (κ2) is 56.2. The fraction of sp³-hybridized carbons (Fsp3) is 0.726. The van der Waals surface area contributed by atoms with Gasteiger partial charge in [0.15, 0.2) is 6.10 Å². The number of carbonyl (C=O) groups is 3. The van der Waals surface area contributed by atoms with Crippen LogP contribution in [-0.2, 0) is 28.6 Å². The molecule has 0 N–H and O–H groups in total. The first-order valence-corrected chi connectivity index (χ1v) is 28.7. The highest BCUT2D eigenvalue weighted by atomic mass is 16.6. The van der Waals surface area contributed by atoms with E-state index in [1.165, 1.54) is 135 Å². The molecule has 1 unspecified atom stereocenters. The van der Waals surface area contributed by atoms with E-state index in [4.69, 9.17) is 14.2 Å². The van der Waals surface area contributed by atoms with Crippen LogP contribution < -0.4 is 0 Å². The molecule has 0 spiro atoms. The summed E-state index contributed by atoms with van der Waals surface area (Å²) in [6.07, 6.45) is 72.8. The number of unbranched alkanes of at least 4 members (excludes halogenated alkanes) is 30. The minimum Gasteiger partial charge on any atom is -0.462 e. The molecule has 68 heavy (non-hydrogen) atoms. The molecule has 0 aromatic heterocycles. The lowest BCUT2D eigenvalue weighted by atomic mass is 10.1. The molecule has 0 saturated heterocycles. The zero-order valence-electron chi connectivity index (χ0n) is 44.6. The quantitative estimate of drug-likeness (QED) is 0.0199. The highest BCUT2D eigenvalue weighted by Gasteiger charge is 2.19. The molecule has 0 amide bonds. The van der Waals surface area contributed by atoms with Gasteiger partial charge < -0.3 is 14.2 Å². The van der Waals surface area contributed by atoms with E-state index in [9.17, 15) is 14.4 Å². The van der Waals surface area contributed by atoms with Crippen LogP contribution in [0.15, 0.2) is 85.1 Å². The van der Waals surface area contributed by atoms with Crippen molar-refractivity contribution < 1.29 is 28.6 Å². The van der Waals surface area contributed by atoms with Crippen LogP contribution in [-0.4, -0.2) is 37.2 Å². The van der Waals surface area contributed by atoms with Gasteiger partial charge in [-0.25, -0.2) is 0 Å². The third-order valence-corrected chi connectivity index (χ3v) is 12.2. The van der Waals surface area contributed by atoms with E-state index < -0.39 is 6.10 Å². The van der Waals surface area contributed by atoms with E-state index in [1.54, 1.807) is 0 Å². The lowest BCUT2D eigenvalue weighted by molar-refractivity contribution is -0.167. The van der Waals surface area contributed by atoms with Gasteiger partial charge >= 0.3 is 17.9 Å². The predicted octanol–water partition coefficient (Wildman–Crippen LogP) is 19.2. The Morgan fingerprint density at radius 3 is 0.985 bits per heavy atom. The first kappa shape index (κ1) is 64.6. The van der Waals surface area contributed by atoms with Gasteiger partial charge in [0.25, 0.3) is 0 Å². The van der Waals surface area contributed by atoms with E-state index in [0.29, 0.717) is 19.3 Å². The summed E-state index contributed by atoms with van der Waals surface area (Å²) in [6, 6.07) is 0. The third kappa shape index (κ3) is 53.5. The van der Waals surface area contributed by atoms with Gasteiger partial charge in [-0.3, -0.25) is 14.4 Å². The van der Waals surface area contributed by atoms with Gasteiger partial charge in [-0.15, -0.1) is 0 Å². The summed E-state index contributed by atoms with van der Waals surface area (Å²) in [7, 11) is 0. The minimum atomic E-state index is -0.793. The van der Waals surface area contributed by atoms with Gasteiger partial charge in [-0.2, -0.15) is 0 Å². The SMILES string of the molecule is CC\C=C/C=C\C=C/C=C\CCCCCCCC(=O)OCC(COC(=O)CCCCCCCCCCCC/C=C\C=C/CCCCC)OC(=O)CCCCCCC/C=C\CCCCCCCCC. The standard InChI is InChI=1S/C62H106O6/c1-4-7-10-13-16-19-22-25-28-30-31-32-35-37-40-43-46-49-52-55-61(64)67-58-59(57-66-60(63)54-51-48-45-42-39-36-33-27-24-21-18-15-12-9-6-3)68-62(65)56-53-50-47-44-41-38-34-29-26-23-20-17-14-11-8-5-2/h9,12,15-16,18-19,21-22,24-25,27,29,33-34,59H,4-8,10-11,13-14,17,20,23,26,28,30-32,35-58H2,1-3H3/b12-9-,18-15-,19-16-,24-21-,25-22-,33-27-,34-29-. The molecular formula is C62H106O6. The molecular weight excluding hydrogens is 841 g/mol. The second-order valence-corrected chi connectivity index (χ2v) is 18.9. The summed E-state index contributed by atoms with van der Waals surface area (Å²) >= 11 is 0. The van der Waals surface area contributed by atoms with Crippen LogP contribution in [0.4, 0.5) is 0 Å². The molecule has 0 aliphatic carbocycles. The predicted molar refractivity (Wildman–Crippen MR) is 293 cm³/mol. The van der Waals surface area contributed by atoms with Crippen molar-refractivity contribution in [2.75, 3.05) is 13.2 Å². The number of ether oxygens (including phenoxy) is 3. The van der Waals surface area contributed by atoms with Crippen molar-refractivity contribution in [3.63, 3.8) is 0 Å². The van der Waals surface area contributed by atoms with Crippen LogP contribution >= 0.6 is 0 Å². The zero-order chi connectivity index (χ0) is 49.3. The van der Waals surface area contributed by atoms with Crippen LogP contribution in [0.1, 0.15) is 271 Å². The maximum atomic E-state index is 12.9. The third-order valence-electron chi connectivity index (χ3n) is 12.2. The average Bonchev–Trinajstić information content (AvgIpc) is 3.34. The second-order valence-electron chi connectivity index (χ2n) is 18.9. The van der Waals surface area contributed by atoms with Crippen molar-refractivity contribution in [1.29, 1.82) is 0 Å². The molecule has 0 aromatic rings. The van der Waals surface area contributed by atoms with Gasteiger partial charge in [-0.1, -0.05) is 247 Å². The molecule has 0 rings (SSSR count). The highest BCUT2D eigenvalue weighted by Crippen LogP contribution is 2.15. The molecule has 6 heteroatoms. The lowest BCUT2D eigenvalue weighted by Gasteiger charge is -2.18. The highest BCUT2D eigenvalue weighted by molar-refractivity contribution is 5.71. The topological polar surface area (TPSA) is 78.9 Å². The Morgan fingerprint density at radius 1 is 0.309 bits per heavy atom. The van der Waals surface area contributed by atoms with Gasteiger partial charge in [0.1, 0.15) is 13.2 Å². The van der Waals surface area contributed by atoms with Crippen molar-refractivity contribution in [3.8, 4) is 0 Å². The molecule has 0 bridgehead atoms. The Morgan fingerprint density at radius 2 is 0.588 bits per heavy atom. The van der Waals surface area contributed by atoms with E-state index in [1.807, 2.05) is 18.2 Å². The first-order chi connectivity index (χ1) is 33.5. The molecule has 0 aliphatic rings. The Bertz CT molecular complexity index is 1320. The molecule has 0 aromatic carbocycles. The van der Waals surface area contributed by atoms with Crippen LogP contribution in [0.2, 0.25) is 0 Å². The van der Waals surface area contributed by atoms with Crippen molar-refractivity contribution >= 4 is 17.9 Å². The molecule has 0 radical (unpaired) electrons. The van der Waals surface area contributed by atoms with Crippen LogP contribution in [0.5, 0.6) is 0 Å². The van der Waals surface area contributed by atoms with Gasteiger partial charge in [0.2, 0.25) is 0 Å². The molecule has 0 aliphatic heterocycles. The Labute approximate surface area is 420 Å². The fourth-order valence-electron chi connectivity index (χ4n) is 7.91. The molecule has 390 valence electrons. The number of rotatable bonds is 51. The van der Waals surface area contributed by atoms with Crippen LogP contribution in [0.3, 0.4) is 0 Å². The summed E-state index contributed by atoms with van der Waals surface area (Å²) in [4.78, 5) is 38.2. The zero-order valence-corrected chi connectivity index (χ0v) is 44.6. The van der Waals surface area contributed by atoms with E-state index in [-0.39, 0.29) is 31.1 Å². The summed E-state index contributed by atoms with van der Waals surface area (Å²) in [6.45, 7) is 6.46. The Kier molecular flexibility index (Phi) is 53.4. The van der Waals surface area contributed by atoms with Crippen molar-refractivity contribution in [1.82, 2.24) is 0 Å². The largest absolute Gasteiger partial charge is 0.462 e. The normalized spacial score (nSPS) is 12.7. The average molecular weight is 948 g/mol. The monoisotopic (exact) mass is 947 g/mol. The first-order valence-electron chi connectivity index (χ1n) is 28.7. The lowest BCUT2D eigenvalue weighted by Crippen LogP contribution is -2.30. The van der Waals surface area contributed by atoms with Crippen molar-refractivity contribution in [3.05, 3.63) is 85.1 Å². The van der Waals surface area contributed by atoms with E-state index >= 15 is 0 Å². The number of carbonyl (C=O) groups excluding carboxylic acids is 3. The molecule has 1 atom stereocenters. The van der Waals surface area contributed by atoms with Gasteiger partial charge in [0, 0.05) is 19.3 Å². The van der Waals surface area contributed by atoms with Gasteiger partial charge in [-0.05, 0) is 89.9 Å². The molecule has 6 nitrogen and oxygen atoms in total. The smallest absolute Gasteiger partial charge is 0.306 e. The number of esters is 3. The van der Waals surface area contributed by atoms with E-state index in [2.05, 4.69) is 87.6 Å². The van der Waals surface area contributed by atoms with Gasteiger partial charge in [0.05, 0.1) is 0 Å². The van der Waals surface area contributed by atoms with Crippen molar-refractivity contribution in [2.24, 2.45) is 0 Å². The number of hydrogen-bond donors (Lipinski definition) is 0. The summed E-state index contributed by atoms with van der Waals surface area (Å²) in [5, 5.41) is 0. The maximum Gasteiger partial charge on any atom is 0.306 e. The summed E-state index contributed by atoms with van der Waals surface area (Å²) < 4.78 is 16.8. The van der Waals surface area contributed by atoms with Crippen LogP contribution in [0.25, 0.3) is 0 Å². The molecule has 0 saturated carbocycles.